The van der Waals surface area contributed by atoms with Crippen molar-refractivity contribution in [1.29, 1.82) is 0 Å². The summed E-state index contributed by atoms with van der Waals surface area (Å²) >= 11 is 0. The molecular formula is C32H34FN3O2. The second-order valence-electron chi connectivity index (χ2n) is 10.5. The summed E-state index contributed by atoms with van der Waals surface area (Å²) in [5.74, 6) is -0.179. The van der Waals surface area contributed by atoms with Gasteiger partial charge >= 0.3 is 0 Å². The van der Waals surface area contributed by atoms with Crippen LogP contribution in [-0.2, 0) is 23.1 Å². The monoisotopic (exact) mass is 511 g/mol. The topological polar surface area (TPSA) is 54.3 Å². The Labute approximate surface area is 223 Å². The lowest BCUT2D eigenvalue weighted by molar-refractivity contribution is -0.138. The largest absolute Gasteiger partial charge is 0.347 e. The van der Waals surface area contributed by atoms with Crippen LogP contribution < -0.4 is 5.32 Å². The van der Waals surface area contributed by atoms with Crippen molar-refractivity contribution in [2.45, 2.75) is 50.9 Å². The Balaban J connectivity index is 1.37. The smallest absolute Gasteiger partial charge is 0.243 e. The van der Waals surface area contributed by atoms with E-state index in [4.69, 9.17) is 0 Å². The molecule has 0 saturated carbocycles. The van der Waals surface area contributed by atoms with Crippen molar-refractivity contribution in [2.24, 2.45) is 7.05 Å². The number of benzene rings is 3. The number of aromatic nitrogens is 1. The van der Waals surface area contributed by atoms with E-state index in [1.54, 1.807) is 0 Å². The first-order chi connectivity index (χ1) is 18.3. The third kappa shape index (κ3) is 5.21. The van der Waals surface area contributed by atoms with Crippen LogP contribution >= 0.6 is 0 Å². The normalized spacial score (nSPS) is 18.2. The molecule has 0 unspecified atom stereocenters. The number of rotatable bonds is 7. The molecule has 2 heterocycles. The standard InChI is InChI=1S/C32H34FN3O2/c1-21(2)22-13-15-24(16-14-22)31(23-9-5-4-6-10-23)34-32(38)29-18-26(33)20-36(29)30(37)19-27-17-25-11-7-8-12-28(25)35(27)3/h4-17,21,26,29,31H,18-20H2,1-3H3,(H,34,38)/t26-,29+,31+/m1/s1. The molecule has 1 saturated heterocycles. The third-order valence-electron chi connectivity index (χ3n) is 7.61. The SMILES string of the molecule is CC(C)c1ccc([C@@H](NC(=O)[C@@H]2C[C@@H](F)CN2C(=O)Cc2cc3ccccc3n2C)c2ccccc2)cc1. The minimum atomic E-state index is -1.23. The highest BCUT2D eigenvalue weighted by atomic mass is 19.1. The number of aryl methyl sites for hydroxylation is 1. The molecule has 38 heavy (non-hydrogen) atoms. The average Bonchev–Trinajstić information content (AvgIpc) is 3.47. The first-order valence-corrected chi connectivity index (χ1v) is 13.2. The summed E-state index contributed by atoms with van der Waals surface area (Å²) < 4.78 is 16.6. The Bertz CT molecular complexity index is 1430. The molecule has 0 bridgehead atoms. The summed E-state index contributed by atoms with van der Waals surface area (Å²) in [4.78, 5) is 28.4. The molecule has 5 rings (SSSR count). The molecule has 1 aromatic heterocycles. The predicted octanol–water partition coefficient (Wildman–Crippen LogP) is 5.69. The van der Waals surface area contributed by atoms with Crippen LogP contribution in [0.5, 0.6) is 0 Å². The summed E-state index contributed by atoms with van der Waals surface area (Å²) in [6.07, 6.45) is -1.12. The van der Waals surface area contributed by atoms with E-state index in [9.17, 15) is 14.0 Å². The lowest BCUT2D eigenvalue weighted by Gasteiger charge is -2.27. The van der Waals surface area contributed by atoms with Crippen LogP contribution in [0.3, 0.4) is 0 Å². The van der Waals surface area contributed by atoms with Crippen molar-refractivity contribution < 1.29 is 14.0 Å². The van der Waals surface area contributed by atoms with Gasteiger partial charge in [0, 0.05) is 24.7 Å². The number of amides is 2. The second kappa shape index (κ2) is 10.8. The molecule has 6 heteroatoms. The molecule has 4 aromatic rings. The van der Waals surface area contributed by atoms with Crippen LogP contribution in [0.1, 0.15) is 54.6 Å². The predicted molar refractivity (Wildman–Crippen MR) is 149 cm³/mol. The van der Waals surface area contributed by atoms with Gasteiger partial charge in [-0.1, -0.05) is 86.6 Å². The van der Waals surface area contributed by atoms with Crippen molar-refractivity contribution in [3.05, 3.63) is 107 Å². The molecule has 0 aliphatic carbocycles. The number of halogens is 1. The van der Waals surface area contributed by atoms with E-state index in [-0.39, 0.29) is 31.2 Å². The molecule has 1 fully saturated rings. The molecule has 3 aromatic carbocycles. The maximum atomic E-state index is 14.7. The lowest BCUT2D eigenvalue weighted by Crippen LogP contribution is -2.47. The number of fused-ring (bicyclic) bond motifs is 1. The van der Waals surface area contributed by atoms with Gasteiger partial charge in [-0.05, 0) is 40.1 Å². The van der Waals surface area contributed by atoms with Crippen molar-refractivity contribution in [3.8, 4) is 0 Å². The van der Waals surface area contributed by atoms with Crippen LogP contribution in [0.25, 0.3) is 10.9 Å². The van der Waals surface area contributed by atoms with Gasteiger partial charge in [0.15, 0.2) is 0 Å². The van der Waals surface area contributed by atoms with E-state index < -0.39 is 18.3 Å². The maximum absolute atomic E-state index is 14.7. The van der Waals surface area contributed by atoms with Gasteiger partial charge in [0.25, 0.3) is 0 Å². The summed E-state index contributed by atoms with van der Waals surface area (Å²) in [6.45, 7) is 4.21. The van der Waals surface area contributed by atoms with Crippen molar-refractivity contribution in [2.75, 3.05) is 6.54 Å². The zero-order valence-corrected chi connectivity index (χ0v) is 22.1. The molecule has 0 spiro atoms. The van der Waals surface area contributed by atoms with E-state index in [1.165, 1.54) is 10.5 Å². The number of carbonyl (C=O) groups excluding carboxylic acids is 2. The van der Waals surface area contributed by atoms with E-state index in [1.807, 2.05) is 84.4 Å². The molecule has 1 N–H and O–H groups in total. The Morgan fingerprint density at radius 1 is 0.921 bits per heavy atom. The van der Waals surface area contributed by atoms with Gasteiger partial charge in [0.1, 0.15) is 12.2 Å². The minimum Gasteiger partial charge on any atom is -0.347 e. The molecule has 3 atom stereocenters. The van der Waals surface area contributed by atoms with E-state index in [2.05, 4.69) is 31.3 Å². The fourth-order valence-electron chi connectivity index (χ4n) is 5.40. The number of para-hydroxylation sites is 1. The Hall–Kier alpha value is -3.93. The van der Waals surface area contributed by atoms with Gasteiger partial charge in [-0.25, -0.2) is 4.39 Å². The second-order valence-corrected chi connectivity index (χ2v) is 10.5. The molecule has 2 amide bonds. The molecule has 0 radical (unpaired) electrons. The number of hydrogen-bond donors (Lipinski definition) is 1. The van der Waals surface area contributed by atoms with Crippen LogP contribution in [-0.4, -0.2) is 40.0 Å². The molecular weight excluding hydrogens is 477 g/mol. The summed E-state index contributed by atoms with van der Waals surface area (Å²) in [5.41, 5.74) is 4.96. The lowest BCUT2D eigenvalue weighted by atomic mass is 9.95. The zero-order valence-electron chi connectivity index (χ0n) is 22.1. The molecule has 1 aliphatic heterocycles. The average molecular weight is 512 g/mol. The van der Waals surface area contributed by atoms with Crippen molar-refractivity contribution in [1.82, 2.24) is 14.8 Å². The van der Waals surface area contributed by atoms with E-state index >= 15 is 0 Å². The summed E-state index contributed by atoms with van der Waals surface area (Å²) in [5, 5.41) is 4.18. The van der Waals surface area contributed by atoms with Crippen LogP contribution in [0.2, 0.25) is 0 Å². The first kappa shape index (κ1) is 25.7. The van der Waals surface area contributed by atoms with Gasteiger partial charge in [-0.3, -0.25) is 9.59 Å². The summed E-state index contributed by atoms with van der Waals surface area (Å²) in [7, 11) is 1.92. The fraction of sp³-hybridized carbons (Fsp3) is 0.312. The highest BCUT2D eigenvalue weighted by molar-refractivity contribution is 5.90. The summed E-state index contributed by atoms with van der Waals surface area (Å²) in [6, 6.07) is 26.6. The van der Waals surface area contributed by atoms with Gasteiger partial charge < -0.3 is 14.8 Å². The highest BCUT2D eigenvalue weighted by Gasteiger charge is 2.40. The fourth-order valence-corrected chi connectivity index (χ4v) is 5.40. The van der Waals surface area contributed by atoms with Crippen LogP contribution in [0.15, 0.2) is 84.9 Å². The van der Waals surface area contributed by atoms with Gasteiger partial charge in [0.2, 0.25) is 11.8 Å². The molecule has 196 valence electrons. The van der Waals surface area contributed by atoms with Crippen LogP contribution in [0.4, 0.5) is 4.39 Å². The quantitative estimate of drug-likeness (QED) is 0.347. The van der Waals surface area contributed by atoms with Crippen LogP contribution in [0, 0.1) is 0 Å². The van der Waals surface area contributed by atoms with Gasteiger partial charge in [-0.2, -0.15) is 0 Å². The molecule has 1 aliphatic rings. The Morgan fingerprint density at radius 2 is 1.55 bits per heavy atom. The van der Waals surface area contributed by atoms with Crippen molar-refractivity contribution in [3.63, 3.8) is 0 Å². The number of nitrogens with zero attached hydrogens (tertiary/aromatic N) is 2. The van der Waals surface area contributed by atoms with Crippen molar-refractivity contribution >= 4 is 22.7 Å². The zero-order chi connectivity index (χ0) is 26.8. The Morgan fingerprint density at radius 3 is 2.24 bits per heavy atom. The number of likely N-dealkylation sites (tertiary alicyclic amines) is 1. The van der Waals surface area contributed by atoms with E-state index in [0.29, 0.717) is 5.92 Å². The third-order valence-corrected chi connectivity index (χ3v) is 7.61. The maximum Gasteiger partial charge on any atom is 0.243 e. The minimum absolute atomic E-state index is 0.000479. The number of carbonyl (C=O) groups is 2. The number of alkyl halides is 1. The number of hydrogen-bond acceptors (Lipinski definition) is 2. The number of nitrogens with one attached hydrogen (secondary N) is 1. The Kier molecular flexibility index (Phi) is 7.32. The van der Waals surface area contributed by atoms with E-state index in [0.717, 1.165) is 27.7 Å². The van der Waals surface area contributed by atoms with Gasteiger partial charge in [-0.15, -0.1) is 0 Å². The van der Waals surface area contributed by atoms with Gasteiger partial charge in [0.05, 0.1) is 19.0 Å². The highest BCUT2D eigenvalue weighted by Crippen LogP contribution is 2.28. The first-order valence-electron chi connectivity index (χ1n) is 13.2. The molecule has 5 nitrogen and oxygen atoms in total.